The van der Waals surface area contributed by atoms with Crippen LogP contribution in [0.3, 0.4) is 0 Å². The second-order valence-corrected chi connectivity index (χ2v) is 6.51. The zero-order valence-electron chi connectivity index (χ0n) is 10.9. The normalized spacial score (nSPS) is 16.1. The van der Waals surface area contributed by atoms with Crippen molar-refractivity contribution in [1.29, 1.82) is 0 Å². The van der Waals surface area contributed by atoms with Gasteiger partial charge < -0.3 is 5.32 Å². The maximum Gasteiger partial charge on any atom is 0.215 e. The molecular weight excluding hydrogens is 260 g/mol. The van der Waals surface area contributed by atoms with E-state index in [1.54, 1.807) is 0 Å². The van der Waals surface area contributed by atoms with E-state index >= 15 is 0 Å². The Morgan fingerprint density at radius 3 is 2.68 bits per heavy atom. The third-order valence-electron chi connectivity index (χ3n) is 3.13. The van der Waals surface area contributed by atoms with Gasteiger partial charge in [0, 0.05) is 13.1 Å². The van der Waals surface area contributed by atoms with Gasteiger partial charge in [0.05, 0.1) is 5.75 Å². The molecule has 0 atom stereocenters. The average molecular weight is 280 g/mol. The molecule has 1 heterocycles. The Morgan fingerprint density at radius 2 is 2.00 bits per heavy atom. The first-order valence-corrected chi connectivity index (χ1v) is 8.21. The Labute approximate surface area is 115 Å². The minimum Gasteiger partial charge on any atom is -0.313 e. The van der Waals surface area contributed by atoms with Crippen LogP contribution in [0.1, 0.15) is 18.4 Å². The van der Waals surface area contributed by atoms with E-state index in [0.717, 1.165) is 31.5 Å². The van der Waals surface area contributed by atoms with Crippen LogP contribution in [0.5, 0.6) is 0 Å². The molecule has 0 saturated carbocycles. The number of hydrogen-bond acceptors (Lipinski definition) is 3. The quantitative estimate of drug-likeness (QED) is 0.775. The lowest BCUT2D eigenvalue weighted by molar-refractivity contribution is 0.579. The first-order chi connectivity index (χ1) is 9.16. The molecule has 0 bridgehead atoms. The first kappa shape index (κ1) is 14.2. The van der Waals surface area contributed by atoms with Gasteiger partial charge in [-0.05, 0) is 24.9 Å². The third kappa shape index (κ3) is 5.14. The third-order valence-corrected chi connectivity index (χ3v) is 4.48. The Kier molecular flexibility index (Phi) is 5.13. The number of rotatable bonds is 6. The lowest BCUT2D eigenvalue weighted by Gasteiger charge is -2.14. The van der Waals surface area contributed by atoms with E-state index in [1.807, 2.05) is 30.3 Å². The molecule has 104 valence electrons. The number of sulfonamides is 1. The lowest BCUT2D eigenvalue weighted by Crippen LogP contribution is -2.27. The molecule has 0 amide bonds. The van der Waals surface area contributed by atoms with Crippen LogP contribution in [-0.4, -0.2) is 28.1 Å². The van der Waals surface area contributed by atoms with Gasteiger partial charge in [-0.3, -0.25) is 0 Å². The molecule has 1 aliphatic rings. The van der Waals surface area contributed by atoms with Gasteiger partial charge in [0.1, 0.15) is 0 Å². The summed E-state index contributed by atoms with van der Waals surface area (Å²) in [5, 5.41) is 3.24. The summed E-state index contributed by atoms with van der Waals surface area (Å²) in [6.07, 6.45) is 3.96. The van der Waals surface area contributed by atoms with Gasteiger partial charge in [-0.25, -0.2) is 13.1 Å². The largest absolute Gasteiger partial charge is 0.313 e. The van der Waals surface area contributed by atoms with E-state index in [4.69, 9.17) is 0 Å². The van der Waals surface area contributed by atoms with Crippen LogP contribution in [0.25, 0.3) is 0 Å². The van der Waals surface area contributed by atoms with Crippen LogP contribution in [0.2, 0.25) is 0 Å². The average Bonchev–Trinajstić information content (AvgIpc) is 2.40. The number of benzene rings is 1. The van der Waals surface area contributed by atoms with Crippen molar-refractivity contribution in [2.75, 3.05) is 19.6 Å². The van der Waals surface area contributed by atoms with Crippen molar-refractivity contribution in [3.63, 3.8) is 0 Å². The predicted octanol–water partition coefficient (Wildman–Crippen LogP) is 1.42. The SMILES string of the molecule is O=S(=O)(Cc1ccccc1)NCCC1=CCNCC1. The fourth-order valence-corrected chi connectivity index (χ4v) is 3.25. The molecule has 0 spiro atoms. The lowest BCUT2D eigenvalue weighted by atomic mass is 10.1. The summed E-state index contributed by atoms with van der Waals surface area (Å²) in [7, 11) is -3.23. The van der Waals surface area contributed by atoms with E-state index in [1.165, 1.54) is 5.57 Å². The van der Waals surface area contributed by atoms with Crippen molar-refractivity contribution in [2.24, 2.45) is 0 Å². The topological polar surface area (TPSA) is 58.2 Å². The van der Waals surface area contributed by atoms with E-state index in [-0.39, 0.29) is 5.75 Å². The molecule has 0 aliphatic carbocycles. The molecule has 1 aliphatic heterocycles. The first-order valence-electron chi connectivity index (χ1n) is 6.56. The van der Waals surface area contributed by atoms with Crippen LogP contribution in [-0.2, 0) is 15.8 Å². The Bertz CT molecular complexity index is 524. The van der Waals surface area contributed by atoms with Gasteiger partial charge >= 0.3 is 0 Å². The Balaban J connectivity index is 1.79. The highest BCUT2D eigenvalue weighted by Gasteiger charge is 2.11. The molecule has 0 saturated heterocycles. The van der Waals surface area contributed by atoms with Gasteiger partial charge in [0.2, 0.25) is 10.0 Å². The highest BCUT2D eigenvalue weighted by molar-refractivity contribution is 7.88. The summed E-state index contributed by atoms with van der Waals surface area (Å²) in [6.45, 7) is 2.37. The second kappa shape index (κ2) is 6.84. The molecular formula is C14H20N2O2S. The summed E-state index contributed by atoms with van der Waals surface area (Å²) in [6, 6.07) is 9.24. The summed E-state index contributed by atoms with van der Waals surface area (Å²) < 4.78 is 26.5. The summed E-state index contributed by atoms with van der Waals surface area (Å²) in [4.78, 5) is 0. The number of hydrogen-bond donors (Lipinski definition) is 2. The van der Waals surface area contributed by atoms with Crippen molar-refractivity contribution in [3.05, 3.63) is 47.5 Å². The fourth-order valence-electron chi connectivity index (χ4n) is 2.11. The zero-order valence-corrected chi connectivity index (χ0v) is 11.7. The summed E-state index contributed by atoms with van der Waals surface area (Å²) in [5.74, 6) is 0.0500. The Hall–Kier alpha value is -1.17. The van der Waals surface area contributed by atoms with E-state index in [9.17, 15) is 8.42 Å². The van der Waals surface area contributed by atoms with Crippen LogP contribution < -0.4 is 10.0 Å². The van der Waals surface area contributed by atoms with Gasteiger partial charge in [-0.2, -0.15) is 0 Å². The zero-order chi connectivity index (χ0) is 13.6. The predicted molar refractivity (Wildman–Crippen MR) is 77.3 cm³/mol. The van der Waals surface area contributed by atoms with Crippen LogP contribution in [0.4, 0.5) is 0 Å². The summed E-state index contributed by atoms with van der Waals surface area (Å²) >= 11 is 0. The van der Waals surface area contributed by atoms with Gasteiger partial charge in [-0.15, -0.1) is 0 Å². The minimum absolute atomic E-state index is 0.0500. The molecule has 2 rings (SSSR count). The highest BCUT2D eigenvalue weighted by Crippen LogP contribution is 2.09. The maximum absolute atomic E-state index is 11.9. The van der Waals surface area contributed by atoms with Gasteiger partial charge in [0.15, 0.2) is 0 Å². The second-order valence-electron chi connectivity index (χ2n) is 4.71. The van der Waals surface area contributed by atoms with Crippen molar-refractivity contribution in [1.82, 2.24) is 10.0 Å². The molecule has 0 fully saturated rings. The fraction of sp³-hybridized carbons (Fsp3) is 0.429. The molecule has 1 aromatic rings. The van der Waals surface area contributed by atoms with E-state index < -0.39 is 10.0 Å². The molecule has 0 radical (unpaired) electrons. The van der Waals surface area contributed by atoms with E-state index in [2.05, 4.69) is 16.1 Å². The molecule has 5 heteroatoms. The standard InChI is InChI=1S/C14H20N2O2S/c17-19(18,12-14-4-2-1-3-5-14)16-11-8-13-6-9-15-10-7-13/h1-6,15-16H,7-12H2. The maximum atomic E-state index is 11.9. The monoisotopic (exact) mass is 280 g/mol. The molecule has 2 N–H and O–H groups in total. The van der Waals surface area contributed by atoms with Gasteiger partial charge in [0.25, 0.3) is 0 Å². The number of nitrogens with one attached hydrogen (secondary N) is 2. The van der Waals surface area contributed by atoms with Crippen LogP contribution in [0.15, 0.2) is 42.0 Å². The highest BCUT2D eigenvalue weighted by atomic mass is 32.2. The molecule has 19 heavy (non-hydrogen) atoms. The molecule has 0 aromatic heterocycles. The van der Waals surface area contributed by atoms with E-state index in [0.29, 0.717) is 6.54 Å². The summed E-state index contributed by atoms with van der Waals surface area (Å²) in [5.41, 5.74) is 2.15. The smallest absolute Gasteiger partial charge is 0.215 e. The van der Waals surface area contributed by atoms with Crippen molar-refractivity contribution >= 4 is 10.0 Å². The molecule has 1 aromatic carbocycles. The van der Waals surface area contributed by atoms with Crippen molar-refractivity contribution in [3.8, 4) is 0 Å². The van der Waals surface area contributed by atoms with Crippen molar-refractivity contribution in [2.45, 2.75) is 18.6 Å². The molecule has 4 nitrogen and oxygen atoms in total. The van der Waals surface area contributed by atoms with Crippen LogP contribution >= 0.6 is 0 Å². The van der Waals surface area contributed by atoms with Crippen LogP contribution in [0, 0.1) is 0 Å². The molecule has 0 unspecified atom stereocenters. The van der Waals surface area contributed by atoms with Gasteiger partial charge in [-0.1, -0.05) is 42.0 Å². The van der Waals surface area contributed by atoms with Crippen molar-refractivity contribution < 1.29 is 8.42 Å². The Morgan fingerprint density at radius 1 is 1.21 bits per heavy atom. The minimum atomic E-state index is -3.23.